The highest BCUT2D eigenvalue weighted by molar-refractivity contribution is 5.97. The summed E-state index contributed by atoms with van der Waals surface area (Å²) in [4.78, 5) is 14.6. The minimum Gasteiger partial charge on any atom is -0.479 e. The Kier molecular flexibility index (Phi) is 5.59. The summed E-state index contributed by atoms with van der Waals surface area (Å²) >= 11 is 0. The number of aryl methyl sites for hydroxylation is 2. The van der Waals surface area contributed by atoms with Gasteiger partial charge in [-0.3, -0.25) is 4.79 Å². The first kappa shape index (κ1) is 17.6. The van der Waals surface area contributed by atoms with E-state index in [4.69, 9.17) is 10.00 Å². The van der Waals surface area contributed by atoms with Gasteiger partial charge in [-0.1, -0.05) is 24.3 Å². The molecule has 0 fully saturated rings. The van der Waals surface area contributed by atoms with Crippen LogP contribution in [0.25, 0.3) is 0 Å². The van der Waals surface area contributed by atoms with Gasteiger partial charge in [-0.25, -0.2) is 0 Å². The Morgan fingerprint density at radius 1 is 1.25 bits per heavy atom. The van der Waals surface area contributed by atoms with Crippen molar-refractivity contribution in [2.45, 2.75) is 33.8 Å². The molecule has 0 saturated carbocycles. The third kappa shape index (κ3) is 3.75. The molecule has 2 aromatic carbocycles. The fourth-order valence-corrected chi connectivity index (χ4v) is 2.58. The van der Waals surface area contributed by atoms with Gasteiger partial charge in [0.25, 0.3) is 5.91 Å². The lowest BCUT2D eigenvalue weighted by atomic mass is 10.1. The second-order valence-electron chi connectivity index (χ2n) is 5.74. The van der Waals surface area contributed by atoms with Gasteiger partial charge in [-0.15, -0.1) is 0 Å². The lowest BCUT2D eigenvalue weighted by Crippen LogP contribution is -2.41. The van der Waals surface area contributed by atoms with Crippen molar-refractivity contribution in [3.05, 3.63) is 59.2 Å². The SMILES string of the molecule is CCN(C(=O)C(C)Oc1ccccc1C#N)c1cc(C)ccc1C. The quantitative estimate of drug-likeness (QED) is 0.836. The molecule has 0 aliphatic heterocycles. The van der Waals surface area contributed by atoms with Gasteiger partial charge < -0.3 is 9.64 Å². The number of hydrogen-bond donors (Lipinski definition) is 0. The number of likely N-dealkylation sites (N-methyl/N-ethyl adjacent to an activating group) is 1. The van der Waals surface area contributed by atoms with Crippen molar-refractivity contribution < 1.29 is 9.53 Å². The van der Waals surface area contributed by atoms with Crippen molar-refractivity contribution in [3.63, 3.8) is 0 Å². The number of nitriles is 1. The maximum Gasteiger partial charge on any atom is 0.267 e. The Morgan fingerprint density at radius 2 is 1.96 bits per heavy atom. The van der Waals surface area contributed by atoms with Crippen molar-refractivity contribution in [3.8, 4) is 11.8 Å². The summed E-state index contributed by atoms with van der Waals surface area (Å²) < 4.78 is 5.76. The number of benzene rings is 2. The summed E-state index contributed by atoms with van der Waals surface area (Å²) in [5.74, 6) is 0.303. The minimum absolute atomic E-state index is 0.126. The Bertz CT molecular complexity index is 777. The van der Waals surface area contributed by atoms with Gasteiger partial charge in [0, 0.05) is 12.2 Å². The Hall–Kier alpha value is -2.80. The van der Waals surface area contributed by atoms with E-state index >= 15 is 0 Å². The molecule has 0 spiro atoms. The second-order valence-corrected chi connectivity index (χ2v) is 5.74. The number of anilines is 1. The molecule has 0 radical (unpaired) electrons. The fourth-order valence-electron chi connectivity index (χ4n) is 2.58. The van der Waals surface area contributed by atoms with Gasteiger partial charge in [0.1, 0.15) is 11.8 Å². The third-order valence-corrected chi connectivity index (χ3v) is 3.90. The van der Waals surface area contributed by atoms with Crippen LogP contribution in [-0.2, 0) is 4.79 Å². The van der Waals surface area contributed by atoms with Crippen LogP contribution in [0.4, 0.5) is 5.69 Å². The van der Waals surface area contributed by atoms with Gasteiger partial charge in [-0.2, -0.15) is 5.26 Å². The molecular formula is C20H22N2O2. The first-order valence-corrected chi connectivity index (χ1v) is 8.02. The molecule has 24 heavy (non-hydrogen) atoms. The van der Waals surface area contributed by atoms with Gasteiger partial charge >= 0.3 is 0 Å². The highest BCUT2D eigenvalue weighted by Crippen LogP contribution is 2.24. The number of carbonyl (C=O) groups excluding carboxylic acids is 1. The van der Waals surface area contributed by atoms with E-state index in [9.17, 15) is 4.79 Å². The van der Waals surface area contributed by atoms with Crippen LogP contribution in [0.5, 0.6) is 5.75 Å². The summed E-state index contributed by atoms with van der Waals surface area (Å²) in [5, 5.41) is 9.14. The number of hydrogen-bond acceptors (Lipinski definition) is 3. The Balaban J connectivity index is 2.25. The van der Waals surface area contributed by atoms with Crippen LogP contribution < -0.4 is 9.64 Å². The molecule has 4 heteroatoms. The summed E-state index contributed by atoms with van der Waals surface area (Å²) in [6, 6.07) is 15.1. The van der Waals surface area contributed by atoms with Crippen molar-refractivity contribution in [1.82, 2.24) is 0 Å². The number of ether oxygens (including phenoxy) is 1. The van der Waals surface area contributed by atoms with Crippen molar-refractivity contribution in [2.24, 2.45) is 0 Å². The normalized spacial score (nSPS) is 11.5. The highest BCUT2D eigenvalue weighted by atomic mass is 16.5. The molecule has 0 heterocycles. The molecule has 0 bridgehead atoms. The van der Waals surface area contributed by atoms with E-state index in [1.165, 1.54) is 0 Å². The van der Waals surface area contributed by atoms with Gasteiger partial charge in [0.05, 0.1) is 5.56 Å². The molecule has 4 nitrogen and oxygen atoms in total. The number of para-hydroxylation sites is 1. The van der Waals surface area contributed by atoms with Crippen LogP contribution in [0.3, 0.4) is 0 Å². The summed E-state index contributed by atoms with van der Waals surface area (Å²) in [6.45, 7) is 8.20. The first-order valence-electron chi connectivity index (χ1n) is 8.02. The van der Waals surface area contributed by atoms with Gasteiger partial charge in [-0.05, 0) is 57.0 Å². The van der Waals surface area contributed by atoms with Crippen LogP contribution in [0.1, 0.15) is 30.5 Å². The van der Waals surface area contributed by atoms with E-state index < -0.39 is 6.10 Å². The number of rotatable bonds is 5. The predicted octanol–water partition coefficient (Wildman–Crippen LogP) is 4.00. The zero-order valence-electron chi connectivity index (χ0n) is 14.5. The largest absolute Gasteiger partial charge is 0.479 e. The molecule has 0 aliphatic carbocycles. The minimum atomic E-state index is -0.681. The number of carbonyl (C=O) groups is 1. The lowest BCUT2D eigenvalue weighted by molar-refractivity contribution is -0.124. The van der Waals surface area contributed by atoms with Gasteiger partial charge in [0.2, 0.25) is 0 Å². The molecule has 124 valence electrons. The molecule has 2 rings (SSSR count). The smallest absolute Gasteiger partial charge is 0.267 e. The second kappa shape index (κ2) is 7.65. The van der Waals surface area contributed by atoms with Gasteiger partial charge in [0.15, 0.2) is 6.10 Å². The van der Waals surface area contributed by atoms with E-state index in [0.29, 0.717) is 17.9 Å². The standard InChI is InChI=1S/C20H22N2O2/c1-5-22(18-12-14(2)10-11-15(18)3)20(23)16(4)24-19-9-7-6-8-17(19)13-21/h6-12,16H,5H2,1-4H3. The van der Waals surface area contributed by atoms with E-state index in [1.54, 1.807) is 36.1 Å². The highest BCUT2D eigenvalue weighted by Gasteiger charge is 2.24. The molecule has 0 aliphatic rings. The molecule has 1 unspecified atom stereocenters. The average molecular weight is 322 g/mol. The molecular weight excluding hydrogens is 300 g/mol. The maximum atomic E-state index is 12.9. The summed E-state index contributed by atoms with van der Waals surface area (Å²) in [5.41, 5.74) is 3.46. The van der Waals surface area contributed by atoms with Crippen LogP contribution in [0, 0.1) is 25.2 Å². The average Bonchev–Trinajstić information content (AvgIpc) is 2.58. The fraction of sp³-hybridized carbons (Fsp3) is 0.300. The first-order chi connectivity index (χ1) is 11.5. The van der Waals surface area contributed by atoms with Crippen molar-refractivity contribution >= 4 is 11.6 Å². The Labute approximate surface area is 143 Å². The predicted molar refractivity (Wildman–Crippen MR) is 95.2 cm³/mol. The molecule has 0 N–H and O–H groups in total. The zero-order valence-corrected chi connectivity index (χ0v) is 14.5. The van der Waals surface area contributed by atoms with Crippen molar-refractivity contribution in [2.75, 3.05) is 11.4 Å². The maximum absolute atomic E-state index is 12.9. The summed E-state index contributed by atoms with van der Waals surface area (Å²) in [6.07, 6.45) is -0.681. The van der Waals surface area contributed by atoms with Crippen LogP contribution in [-0.4, -0.2) is 18.6 Å². The molecule has 1 amide bonds. The van der Waals surface area contributed by atoms with Crippen LogP contribution in [0.2, 0.25) is 0 Å². The van der Waals surface area contributed by atoms with E-state index in [-0.39, 0.29) is 5.91 Å². The third-order valence-electron chi connectivity index (χ3n) is 3.90. The summed E-state index contributed by atoms with van der Waals surface area (Å²) in [7, 11) is 0. The van der Waals surface area contributed by atoms with Crippen LogP contribution in [0.15, 0.2) is 42.5 Å². The molecule has 1 atom stereocenters. The lowest BCUT2D eigenvalue weighted by Gasteiger charge is -2.27. The molecule has 2 aromatic rings. The zero-order chi connectivity index (χ0) is 17.7. The molecule has 0 saturated heterocycles. The number of nitrogens with zero attached hydrogens (tertiary/aromatic N) is 2. The Morgan fingerprint density at radius 3 is 2.62 bits per heavy atom. The van der Waals surface area contributed by atoms with Crippen LogP contribution >= 0.6 is 0 Å². The number of amides is 1. The monoisotopic (exact) mass is 322 g/mol. The topological polar surface area (TPSA) is 53.3 Å². The molecule has 0 aromatic heterocycles. The van der Waals surface area contributed by atoms with E-state index in [0.717, 1.165) is 16.8 Å². The van der Waals surface area contributed by atoms with E-state index in [2.05, 4.69) is 6.07 Å². The van der Waals surface area contributed by atoms with Crippen molar-refractivity contribution in [1.29, 1.82) is 5.26 Å². The van der Waals surface area contributed by atoms with E-state index in [1.807, 2.05) is 39.0 Å².